The molecule has 2 N–H and O–H groups in total. The summed E-state index contributed by atoms with van der Waals surface area (Å²) in [6.45, 7) is 0. The second-order valence-electron chi connectivity index (χ2n) is 2.62. The number of carbonyl (C=O) groups excluding carboxylic acids is 1. The first-order valence-electron chi connectivity index (χ1n) is 4.08. The maximum atomic E-state index is 11.1. The van der Waals surface area contributed by atoms with Crippen molar-refractivity contribution in [2.24, 2.45) is 0 Å². The van der Waals surface area contributed by atoms with Crippen LogP contribution in [0.2, 0.25) is 0 Å². The molecule has 0 aromatic heterocycles. The van der Waals surface area contributed by atoms with Crippen LogP contribution >= 0.6 is 0 Å². The molecule has 80 valence electrons. The van der Waals surface area contributed by atoms with Gasteiger partial charge in [-0.3, -0.25) is 10.2 Å². The fourth-order valence-corrected chi connectivity index (χ4v) is 1.49. The van der Waals surface area contributed by atoms with Crippen LogP contribution in [0.1, 0.15) is 5.56 Å². The van der Waals surface area contributed by atoms with Crippen LogP contribution in [-0.4, -0.2) is 14.8 Å². The number of rotatable bonds is 5. The highest BCUT2D eigenvalue weighted by Gasteiger charge is 2.01. The van der Waals surface area contributed by atoms with Crippen LogP contribution in [0.4, 0.5) is 0 Å². The summed E-state index contributed by atoms with van der Waals surface area (Å²) in [5.41, 5.74) is 2.61. The summed E-state index contributed by atoms with van der Waals surface area (Å²) in [6.07, 6.45) is 1.67. The van der Waals surface area contributed by atoms with Crippen LogP contribution in [-0.2, 0) is 14.8 Å². The lowest BCUT2D eigenvalue weighted by Gasteiger charge is -1.98. The van der Waals surface area contributed by atoms with Crippen molar-refractivity contribution in [2.75, 3.05) is 0 Å². The number of hydrazine groups is 1. The van der Waals surface area contributed by atoms with E-state index in [1.54, 1.807) is 24.3 Å². The summed E-state index contributed by atoms with van der Waals surface area (Å²) in [4.78, 5) is 11.7. The zero-order valence-corrected chi connectivity index (χ0v) is 8.57. The first-order chi connectivity index (χ1) is 7.14. The van der Waals surface area contributed by atoms with E-state index in [1.165, 1.54) is 6.08 Å². The average molecular weight is 226 g/mol. The number of hydrogen-bond acceptors (Lipinski definition) is 3. The molecule has 0 saturated heterocycles. The molecule has 0 fully saturated rings. The molecule has 6 heteroatoms. The van der Waals surface area contributed by atoms with Gasteiger partial charge in [-0.15, -0.1) is 4.83 Å². The van der Waals surface area contributed by atoms with Crippen molar-refractivity contribution in [2.45, 2.75) is 0 Å². The zero-order valence-electron chi connectivity index (χ0n) is 7.75. The lowest BCUT2D eigenvalue weighted by atomic mass is 10.2. The summed E-state index contributed by atoms with van der Waals surface area (Å²) in [6, 6.07) is 8.95. The minimum atomic E-state index is -3.61. The van der Waals surface area contributed by atoms with Crippen molar-refractivity contribution >= 4 is 22.5 Å². The van der Waals surface area contributed by atoms with E-state index in [0.717, 1.165) is 11.0 Å². The Labute approximate surface area is 87.8 Å². The normalized spacial score (nSPS) is 11.5. The Kier molecular flexibility index (Phi) is 4.02. The van der Waals surface area contributed by atoms with Crippen molar-refractivity contribution in [3.63, 3.8) is 0 Å². The van der Waals surface area contributed by atoms with Gasteiger partial charge in [0.05, 0.1) is 0 Å². The third-order valence-electron chi connectivity index (χ3n) is 1.50. The van der Waals surface area contributed by atoms with Gasteiger partial charge in [0.1, 0.15) is 0 Å². The summed E-state index contributed by atoms with van der Waals surface area (Å²) < 4.78 is 22.3. The van der Waals surface area contributed by atoms with E-state index in [9.17, 15) is 13.2 Å². The fourth-order valence-electron chi connectivity index (χ4n) is 0.873. The highest BCUT2D eigenvalue weighted by atomic mass is 32.2. The molecule has 1 aromatic carbocycles. The Bertz CT molecular complexity index is 440. The molecule has 0 aliphatic heterocycles. The number of hydrogen-bond donors (Lipinski definition) is 2. The SMILES string of the molecule is O=CNNS(=O)(=O)C=Cc1ccccc1. The topological polar surface area (TPSA) is 75.3 Å². The van der Waals surface area contributed by atoms with Crippen molar-refractivity contribution < 1.29 is 13.2 Å². The molecule has 15 heavy (non-hydrogen) atoms. The molecule has 0 aliphatic carbocycles. The first-order valence-corrected chi connectivity index (χ1v) is 5.63. The third-order valence-corrected chi connectivity index (χ3v) is 2.40. The Hall–Kier alpha value is -1.66. The van der Waals surface area contributed by atoms with Gasteiger partial charge in [0.15, 0.2) is 0 Å². The summed E-state index contributed by atoms with van der Waals surface area (Å²) >= 11 is 0. The van der Waals surface area contributed by atoms with Crippen LogP contribution < -0.4 is 10.3 Å². The third kappa shape index (κ3) is 4.39. The van der Waals surface area contributed by atoms with Crippen molar-refractivity contribution in [1.29, 1.82) is 0 Å². The molecule has 0 atom stereocenters. The van der Waals surface area contributed by atoms with E-state index in [4.69, 9.17) is 0 Å². The van der Waals surface area contributed by atoms with Gasteiger partial charge in [-0.1, -0.05) is 30.3 Å². The molecule has 0 spiro atoms. The second kappa shape index (κ2) is 5.28. The highest BCUT2D eigenvalue weighted by Crippen LogP contribution is 2.01. The molecule has 1 amide bonds. The van der Waals surface area contributed by atoms with Crippen LogP contribution in [0.5, 0.6) is 0 Å². The predicted molar refractivity (Wildman–Crippen MR) is 56.7 cm³/mol. The molecule has 0 bridgehead atoms. The van der Waals surface area contributed by atoms with E-state index in [1.807, 2.05) is 16.3 Å². The molecule has 1 aromatic rings. The molecule has 0 saturated carbocycles. The molecule has 1 rings (SSSR count). The lowest BCUT2D eigenvalue weighted by Crippen LogP contribution is -2.34. The number of benzene rings is 1. The van der Waals surface area contributed by atoms with E-state index >= 15 is 0 Å². The van der Waals surface area contributed by atoms with Gasteiger partial charge in [-0.25, -0.2) is 8.42 Å². The van der Waals surface area contributed by atoms with Crippen molar-refractivity contribution in [1.82, 2.24) is 10.3 Å². The van der Waals surface area contributed by atoms with Crippen LogP contribution in [0.25, 0.3) is 6.08 Å². The quantitative estimate of drug-likeness (QED) is 0.557. The maximum Gasteiger partial charge on any atom is 0.250 e. The number of amides is 1. The number of nitrogens with one attached hydrogen (secondary N) is 2. The van der Waals surface area contributed by atoms with Crippen molar-refractivity contribution in [3.05, 3.63) is 41.3 Å². The van der Waals surface area contributed by atoms with E-state index < -0.39 is 10.0 Å². The molecular weight excluding hydrogens is 216 g/mol. The van der Waals surface area contributed by atoms with E-state index in [0.29, 0.717) is 0 Å². The second-order valence-corrected chi connectivity index (χ2v) is 4.19. The smallest absolute Gasteiger partial charge is 0.250 e. The van der Waals surface area contributed by atoms with Crippen molar-refractivity contribution in [3.8, 4) is 0 Å². The molecule has 0 aliphatic rings. The van der Waals surface area contributed by atoms with Gasteiger partial charge in [0.2, 0.25) is 6.41 Å². The molecular formula is C9H10N2O3S. The van der Waals surface area contributed by atoms with Gasteiger partial charge in [0.25, 0.3) is 10.0 Å². The minimum Gasteiger partial charge on any atom is -0.280 e. The minimum absolute atomic E-state index is 0.244. The monoisotopic (exact) mass is 226 g/mol. The number of carbonyl (C=O) groups is 1. The average Bonchev–Trinajstić information content (AvgIpc) is 2.25. The molecule has 0 heterocycles. The Balaban J connectivity index is 2.69. The molecule has 0 unspecified atom stereocenters. The fraction of sp³-hybridized carbons (Fsp3) is 0. The summed E-state index contributed by atoms with van der Waals surface area (Å²) in [7, 11) is -3.61. The number of sulfonamides is 1. The van der Waals surface area contributed by atoms with Gasteiger partial charge in [-0.05, 0) is 11.6 Å². The summed E-state index contributed by atoms with van der Waals surface area (Å²) in [5, 5.41) is 0.971. The molecule has 0 radical (unpaired) electrons. The Morgan fingerprint density at radius 2 is 1.80 bits per heavy atom. The largest absolute Gasteiger partial charge is 0.280 e. The maximum absolute atomic E-state index is 11.1. The zero-order chi connectivity index (χ0) is 11.1. The van der Waals surface area contributed by atoms with Gasteiger partial charge >= 0.3 is 0 Å². The highest BCUT2D eigenvalue weighted by molar-refractivity contribution is 7.92. The van der Waals surface area contributed by atoms with E-state index in [-0.39, 0.29) is 6.41 Å². The van der Waals surface area contributed by atoms with Crippen LogP contribution in [0.3, 0.4) is 0 Å². The first kappa shape index (κ1) is 11.4. The van der Waals surface area contributed by atoms with Gasteiger partial charge in [0, 0.05) is 5.41 Å². The summed E-state index contributed by atoms with van der Waals surface area (Å²) in [5.74, 6) is 0. The van der Waals surface area contributed by atoms with Crippen LogP contribution in [0.15, 0.2) is 35.7 Å². The van der Waals surface area contributed by atoms with Crippen LogP contribution in [0, 0.1) is 0 Å². The Morgan fingerprint density at radius 1 is 1.13 bits per heavy atom. The van der Waals surface area contributed by atoms with Gasteiger partial charge in [-0.2, -0.15) is 0 Å². The van der Waals surface area contributed by atoms with Gasteiger partial charge < -0.3 is 0 Å². The Morgan fingerprint density at radius 3 is 2.40 bits per heavy atom. The lowest BCUT2D eigenvalue weighted by molar-refractivity contribution is -0.109. The van der Waals surface area contributed by atoms with E-state index in [2.05, 4.69) is 0 Å². The predicted octanol–water partition coefficient (Wildman–Crippen LogP) is 0.238. The standard InChI is InChI=1S/C9H10N2O3S/c12-8-10-11-15(13,14)7-6-9-4-2-1-3-5-9/h1-8,11H,(H,10,12). The molecule has 5 nitrogen and oxygen atoms in total.